The van der Waals surface area contributed by atoms with Crippen molar-refractivity contribution in [3.8, 4) is 112 Å². The molecule has 0 radical (unpaired) electrons. The predicted molar refractivity (Wildman–Crippen MR) is 440 cm³/mol. The molecule has 19 rings (SSSR count). The number of nitrogens with zero attached hydrogens (tertiary/aromatic N) is 6. The Labute approximate surface area is 611 Å². The van der Waals surface area contributed by atoms with Crippen molar-refractivity contribution in [2.75, 3.05) is 0 Å². The summed E-state index contributed by atoms with van der Waals surface area (Å²) in [7, 11) is 0. The van der Waals surface area contributed by atoms with E-state index in [9.17, 15) is 0 Å². The van der Waals surface area contributed by atoms with Gasteiger partial charge in [-0.1, -0.05) is 244 Å². The van der Waals surface area contributed by atoms with Crippen LogP contribution in [0.5, 0.6) is 0 Å². The fourth-order valence-corrected chi connectivity index (χ4v) is 16.8. The van der Waals surface area contributed by atoms with Crippen LogP contribution >= 0.6 is 34.0 Å². The van der Waals surface area contributed by atoms with Gasteiger partial charge in [-0.3, -0.25) is 0 Å². The molecule has 13 aromatic carbocycles. The Hall–Kier alpha value is -12.2. The number of aromatic nitrogens is 6. The highest BCUT2D eigenvalue weighted by Crippen LogP contribution is 2.41. The van der Waals surface area contributed by atoms with E-state index in [2.05, 4.69) is 322 Å². The Morgan fingerprint density at radius 3 is 0.777 bits per heavy atom. The van der Waals surface area contributed by atoms with Crippen LogP contribution in [0.15, 0.2) is 334 Å². The quantitative estimate of drug-likeness (QED) is 0.136. The first-order chi connectivity index (χ1) is 50.2. The SMILES string of the molecule is C.Cc1nc(-c2cc(-c3ccccc3)cc(-c3ccccc3)c2)cc(-c2ccc3sc4ccccc4c3c2)n1.Cc1nc(-c2ccc(-c3ccccc3)cc2)cc(-c2ccc3sc4ccccc4c3c2)n1.Cc1nc(-c2cccc(-c3ccccc3)c2)cc(-c2ccc3sc4ccccc4c3c2)n1. The highest BCUT2D eigenvalue weighted by Gasteiger charge is 2.17. The van der Waals surface area contributed by atoms with Crippen LogP contribution in [0.4, 0.5) is 0 Å². The number of hydrogen-bond acceptors (Lipinski definition) is 9. The molecule has 492 valence electrons. The van der Waals surface area contributed by atoms with Gasteiger partial charge in [0.25, 0.3) is 0 Å². The van der Waals surface area contributed by atoms with E-state index in [0.29, 0.717) is 0 Å². The summed E-state index contributed by atoms with van der Waals surface area (Å²) in [5.74, 6) is 2.32. The van der Waals surface area contributed by atoms with E-state index in [1.54, 1.807) is 0 Å². The van der Waals surface area contributed by atoms with Gasteiger partial charge in [0.1, 0.15) is 17.5 Å². The van der Waals surface area contributed by atoms with Crippen LogP contribution in [-0.2, 0) is 0 Å². The van der Waals surface area contributed by atoms with Crippen molar-refractivity contribution in [2.45, 2.75) is 28.2 Å². The lowest BCUT2D eigenvalue weighted by molar-refractivity contribution is 1.06. The summed E-state index contributed by atoms with van der Waals surface area (Å²) in [4.78, 5) is 28.8. The zero-order chi connectivity index (χ0) is 68.5. The molecular weight excluding hydrogens is 1310 g/mol. The molecule has 6 aromatic heterocycles. The van der Waals surface area contributed by atoms with Crippen LogP contribution in [0.25, 0.3) is 173 Å². The van der Waals surface area contributed by atoms with Crippen molar-refractivity contribution < 1.29 is 0 Å². The molecule has 0 aliphatic rings. The van der Waals surface area contributed by atoms with Gasteiger partial charge < -0.3 is 0 Å². The molecule has 0 bridgehead atoms. The lowest BCUT2D eigenvalue weighted by atomic mass is 9.94. The molecule has 0 N–H and O–H groups in total. The van der Waals surface area contributed by atoms with Crippen molar-refractivity contribution in [2.24, 2.45) is 0 Å². The van der Waals surface area contributed by atoms with Gasteiger partial charge in [0.2, 0.25) is 0 Å². The van der Waals surface area contributed by atoms with Crippen molar-refractivity contribution in [1.29, 1.82) is 0 Å². The van der Waals surface area contributed by atoms with Gasteiger partial charge in [-0.15, -0.1) is 34.0 Å². The number of benzene rings is 13. The largest absolute Gasteiger partial charge is 0.233 e. The van der Waals surface area contributed by atoms with E-state index in [-0.39, 0.29) is 7.43 Å². The number of fused-ring (bicyclic) bond motifs is 9. The van der Waals surface area contributed by atoms with Crippen LogP contribution in [0.3, 0.4) is 0 Å². The Morgan fingerprint density at radius 2 is 0.398 bits per heavy atom. The maximum absolute atomic E-state index is 4.89. The monoisotopic (exact) mass is 1380 g/mol. The van der Waals surface area contributed by atoms with Crippen molar-refractivity contribution in [3.63, 3.8) is 0 Å². The second kappa shape index (κ2) is 28.8. The van der Waals surface area contributed by atoms with Gasteiger partial charge in [-0.05, 0) is 162 Å². The zero-order valence-electron chi connectivity index (χ0n) is 56.2. The second-order valence-corrected chi connectivity index (χ2v) is 28.7. The van der Waals surface area contributed by atoms with Crippen LogP contribution < -0.4 is 0 Å². The average Bonchev–Trinajstić information content (AvgIpc) is 1.79. The maximum Gasteiger partial charge on any atom is 0.126 e. The molecule has 0 spiro atoms. The Morgan fingerprint density at radius 1 is 0.165 bits per heavy atom. The first-order valence-corrected chi connectivity index (χ1v) is 36.6. The maximum atomic E-state index is 4.89. The lowest BCUT2D eigenvalue weighted by Gasteiger charge is -2.12. The minimum Gasteiger partial charge on any atom is -0.233 e. The number of aryl methyl sites for hydroxylation is 3. The summed E-state index contributed by atoms with van der Waals surface area (Å²) in [6, 6.07) is 118. The molecule has 0 saturated carbocycles. The minimum absolute atomic E-state index is 0. The molecule has 6 heterocycles. The van der Waals surface area contributed by atoms with Crippen molar-refractivity contribution >= 4 is 94.5 Å². The molecule has 0 aliphatic carbocycles. The first kappa shape index (κ1) is 65.4. The fraction of sp³-hybridized carbons (Fsp3) is 0.0426. The highest BCUT2D eigenvalue weighted by molar-refractivity contribution is 7.26. The van der Waals surface area contributed by atoms with Crippen LogP contribution in [0.2, 0.25) is 0 Å². The van der Waals surface area contributed by atoms with E-state index in [4.69, 9.17) is 29.9 Å². The summed E-state index contributed by atoms with van der Waals surface area (Å²) in [6.07, 6.45) is 0. The number of thiophene rings is 3. The Bertz CT molecular complexity index is 6230. The molecule has 0 aliphatic heterocycles. The lowest BCUT2D eigenvalue weighted by Crippen LogP contribution is -1.95. The van der Waals surface area contributed by atoms with Gasteiger partial charge in [0, 0.05) is 93.9 Å². The number of hydrogen-bond donors (Lipinski definition) is 0. The Kier molecular flexibility index (Phi) is 18.3. The van der Waals surface area contributed by atoms with E-state index in [1.165, 1.54) is 105 Å². The molecule has 0 amide bonds. The average molecular weight is 1380 g/mol. The second-order valence-electron chi connectivity index (χ2n) is 25.4. The molecule has 6 nitrogen and oxygen atoms in total. The molecule has 0 atom stereocenters. The highest BCUT2D eigenvalue weighted by atomic mass is 32.1. The summed E-state index contributed by atoms with van der Waals surface area (Å²) < 4.78 is 7.85. The van der Waals surface area contributed by atoms with Gasteiger partial charge in [0.15, 0.2) is 0 Å². The third-order valence-electron chi connectivity index (χ3n) is 18.5. The van der Waals surface area contributed by atoms with E-state index in [1.807, 2.05) is 66.9 Å². The molecule has 0 unspecified atom stereocenters. The molecule has 0 saturated heterocycles. The smallest absolute Gasteiger partial charge is 0.126 e. The van der Waals surface area contributed by atoms with Crippen LogP contribution in [0.1, 0.15) is 24.9 Å². The van der Waals surface area contributed by atoms with E-state index in [0.717, 1.165) is 85.0 Å². The van der Waals surface area contributed by atoms with Crippen molar-refractivity contribution in [3.05, 3.63) is 351 Å². The minimum atomic E-state index is 0. The molecule has 9 heteroatoms. The van der Waals surface area contributed by atoms with Gasteiger partial charge >= 0.3 is 0 Å². The van der Waals surface area contributed by atoms with E-state index >= 15 is 0 Å². The third kappa shape index (κ3) is 13.8. The molecular formula is C94H68N6S3. The van der Waals surface area contributed by atoms with Gasteiger partial charge in [-0.25, -0.2) is 29.9 Å². The van der Waals surface area contributed by atoms with Crippen LogP contribution in [-0.4, -0.2) is 29.9 Å². The topological polar surface area (TPSA) is 77.3 Å². The Balaban J connectivity index is 0.000000119. The van der Waals surface area contributed by atoms with E-state index < -0.39 is 0 Å². The van der Waals surface area contributed by atoms with Crippen LogP contribution in [0, 0.1) is 20.8 Å². The summed E-state index contributed by atoms with van der Waals surface area (Å²) in [5, 5.41) is 7.75. The third-order valence-corrected chi connectivity index (χ3v) is 22.0. The number of rotatable bonds is 10. The normalized spacial score (nSPS) is 11.2. The fourth-order valence-electron chi connectivity index (χ4n) is 13.6. The molecule has 19 aromatic rings. The van der Waals surface area contributed by atoms with Gasteiger partial charge in [0.05, 0.1) is 34.2 Å². The van der Waals surface area contributed by atoms with Gasteiger partial charge in [-0.2, -0.15) is 0 Å². The summed E-state index contributed by atoms with van der Waals surface area (Å²) in [6.45, 7) is 5.90. The molecule has 103 heavy (non-hydrogen) atoms. The zero-order valence-corrected chi connectivity index (χ0v) is 58.6. The predicted octanol–water partition coefficient (Wildman–Crippen LogP) is 26.8. The summed E-state index contributed by atoms with van der Waals surface area (Å²) >= 11 is 5.51. The molecule has 0 fully saturated rings. The van der Waals surface area contributed by atoms with Crippen molar-refractivity contribution in [1.82, 2.24) is 29.9 Å². The standard InChI is InChI=1S/C35H24N2S.2C29H20N2S.CH4/c1-23-36-32(26-16-17-35-31(21-26)30-14-8-9-15-34(30)38-35)22-33(37-23)29-19-27(24-10-4-2-5-11-24)18-28(20-29)25-12-6-3-7-13-25;1-19-30-26(22-11-7-10-21(16-22)20-8-3-2-4-9-20)18-27(31-19)23-14-15-29-25(17-23)24-12-5-6-13-28(24)32-29;1-19-30-26(22-13-11-21(12-14-22)20-7-3-2-4-8-20)18-27(31-19)23-15-16-29-25(17-23)24-9-5-6-10-28(24)32-29;/h2-22H,1H3;2*2-18H,1H3;1H4. The first-order valence-electron chi connectivity index (χ1n) is 34.1. The summed E-state index contributed by atoms with van der Waals surface area (Å²) in [5.41, 5.74) is 21.8.